The van der Waals surface area contributed by atoms with Gasteiger partial charge in [-0.05, 0) is 27.5 Å². The summed E-state index contributed by atoms with van der Waals surface area (Å²) in [6.07, 6.45) is 0.242. The van der Waals surface area contributed by atoms with Crippen LogP contribution in [0.4, 0.5) is 0 Å². The Labute approximate surface area is 171 Å². The smallest absolute Gasteiger partial charge is 0.304 e. The highest BCUT2D eigenvalue weighted by Crippen LogP contribution is 2.53. The van der Waals surface area contributed by atoms with Crippen molar-refractivity contribution in [1.82, 2.24) is 0 Å². The highest BCUT2D eigenvalue weighted by Gasteiger charge is 2.26. The summed E-state index contributed by atoms with van der Waals surface area (Å²) in [7, 11) is -3.35. The predicted molar refractivity (Wildman–Crippen MR) is 118 cm³/mol. The molecule has 146 valence electrons. The van der Waals surface area contributed by atoms with Crippen molar-refractivity contribution in [2.75, 3.05) is 0 Å². The normalized spacial score (nSPS) is 13.2. The molecule has 0 aliphatic rings. The Morgan fingerprint density at radius 2 is 1.17 bits per heavy atom. The summed E-state index contributed by atoms with van der Waals surface area (Å²) in [5, 5.41) is 2.24. The molecular weight excluding hydrogens is 379 g/mol. The Kier molecular flexibility index (Phi) is 6.21. The van der Waals surface area contributed by atoms with E-state index in [1.54, 1.807) is 0 Å². The highest BCUT2D eigenvalue weighted by molar-refractivity contribution is 7.52. The summed E-state index contributed by atoms with van der Waals surface area (Å²) >= 11 is 0. The van der Waals surface area contributed by atoms with Crippen molar-refractivity contribution in [3.8, 4) is 0 Å². The van der Waals surface area contributed by atoms with Gasteiger partial charge in [-0.1, -0.05) is 103 Å². The van der Waals surface area contributed by atoms with Crippen LogP contribution in [-0.4, -0.2) is 0 Å². The first kappa shape index (κ1) is 19.6. The quantitative estimate of drug-likeness (QED) is 0.299. The molecule has 0 N–H and O–H groups in total. The summed E-state index contributed by atoms with van der Waals surface area (Å²) < 4.78 is 25.5. The van der Waals surface area contributed by atoms with E-state index < -0.39 is 7.60 Å². The molecule has 4 aromatic rings. The summed E-state index contributed by atoms with van der Waals surface area (Å²) in [5.74, 6) is 0. The fourth-order valence-corrected chi connectivity index (χ4v) is 4.87. The molecule has 4 heteroatoms. The molecule has 0 bridgehead atoms. The van der Waals surface area contributed by atoms with Crippen molar-refractivity contribution in [2.24, 2.45) is 0 Å². The Balaban J connectivity index is 1.55. The largest absolute Gasteiger partial charge is 0.335 e. The lowest BCUT2D eigenvalue weighted by Crippen LogP contribution is -2.01. The first-order chi connectivity index (χ1) is 14.2. The molecule has 0 radical (unpaired) electrons. The van der Waals surface area contributed by atoms with Crippen LogP contribution in [0, 0.1) is 0 Å². The standard InChI is InChI=1S/C25H23O3P/c26-29(20-22-12-5-2-6-13-22,27-18-21-10-3-1-4-11-21)28-19-24-16-9-15-23-14-7-8-17-25(23)24/h1-17H,18-20H2. The van der Waals surface area contributed by atoms with Gasteiger partial charge in [0.1, 0.15) is 0 Å². The average Bonchev–Trinajstić information content (AvgIpc) is 2.78. The number of benzene rings is 4. The van der Waals surface area contributed by atoms with Crippen molar-refractivity contribution in [2.45, 2.75) is 19.4 Å². The predicted octanol–water partition coefficient (Wildman–Crippen LogP) is 6.97. The van der Waals surface area contributed by atoms with Gasteiger partial charge in [0, 0.05) is 0 Å². The molecular formula is C25H23O3P. The summed E-state index contributed by atoms with van der Waals surface area (Å²) in [6, 6.07) is 33.6. The highest BCUT2D eigenvalue weighted by atomic mass is 31.2. The fraction of sp³-hybridized carbons (Fsp3) is 0.120. The number of hydrogen-bond donors (Lipinski definition) is 0. The van der Waals surface area contributed by atoms with Crippen molar-refractivity contribution >= 4 is 18.4 Å². The van der Waals surface area contributed by atoms with Crippen LogP contribution < -0.4 is 0 Å². The zero-order valence-corrected chi connectivity index (χ0v) is 17.0. The van der Waals surface area contributed by atoms with E-state index in [4.69, 9.17) is 9.05 Å². The van der Waals surface area contributed by atoms with Gasteiger partial charge in [-0.25, -0.2) is 0 Å². The van der Waals surface area contributed by atoms with Crippen LogP contribution >= 0.6 is 7.60 Å². The second kappa shape index (κ2) is 9.19. The van der Waals surface area contributed by atoms with Crippen molar-refractivity contribution in [3.63, 3.8) is 0 Å². The van der Waals surface area contributed by atoms with E-state index in [0.717, 1.165) is 27.5 Å². The molecule has 29 heavy (non-hydrogen) atoms. The number of rotatable bonds is 8. The van der Waals surface area contributed by atoms with Crippen molar-refractivity contribution < 1.29 is 13.6 Å². The average molecular weight is 402 g/mol. The molecule has 1 unspecified atom stereocenters. The third-order valence-electron chi connectivity index (χ3n) is 4.79. The molecule has 0 saturated carbocycles. The first-order valence-corrected chi connectivity index (χ1v) is 11.4. The van der Waals surface area contributed by atoms with Crippen LogP contribution in [-0.2, 0) is 33.0 Å². The summed E-state index contributed by atoms with van der Waals surface area (Å²) in [6.45, 7) is 0.487. The van der Waals surface area contributed by atoms with Gasteiger partial charge < -0.3 is 9.05 Å². The molecule has 0 amide bonds. The van der Waals surface area contributed by atoms with E-state index in [1.807, 2.05) is 84.9 Å². The Morgan fingerprint density at radius 3 is 1.93 bits per heavy atom. The lowest BCUT2D eigenvalue weighted by Gasteiger charge is -2.19. The minimum atomic E-state index is -3.35. The van der Waals surface area contributed by atoms with Gasteiger partial charge in [-0.15, -0.1) is 0 Å². The van der Waals surface area contributed by atoms with Gasteiger partial charge in [-0.3, -0.25) is 4.57 Å². The maximum atomic E-state index is 13.6. The molecule has 4 rings (SSSR count). The second-order valence-corrected chi connectivity index (χ2v) is 8.98. The van der Waals surface area contributed by atoms with Gasteiger partial charge in [0.2, 0.25) is 0 Å². The van der Waals surface area contributed by atoms with E-state index in [9.17, 15) is 4.57 Å². The summed E-state index contributed by atoms with van der Waals surface area (Å²) in [4.78, 5) is 0. The monoisotopic (exact) mass is 402 g/mol. The minimum Gasteiger partial charge on any atom is -0.304 e. The Bertz CT molecular complexity index is 1110. The maximum absolute atomic E-state index is 13.6. The molecule has 0 heterocycles. The van der Waals surface area contributed by atoms with Gasteiger partial charge >= 0.3 is 7.60 Å². The molecule has 0 fully saturated rings. The molecule has 0 aromatic heterocycles. The SMILES string of the molecule is O=P(Cc1ccccc1)(OCc1ccccc1)OCc1cccc2ccccc12. The van der Waals surface area contributed by atoms with E-state index >= 15 is 0 Å². The van der Waals surface area contributed by atoms with Crippen LogP contribution in [0.5, 0.6) is 0 Å². The van der Waals surface area contributed by atoms with E-state index in [0.29, 0.717) is 0 Å². The molecule has 0 aliphatic heterocycles. The van der Waals surface area contributed by atoms with Crippen LogP contribution in [0.15, 0.2) is 103 Å². The van der Waals surface area contributed by atoms with Gasteiger partial charge in [0.25, 0.3) is 0 Å². The van der Waals surface area contributed by atoms with Gasteiger partial charge in [0.15, 0.2) is 0 Å². The Morgan fingerprint density at radius 1 is 0.586 bits per heavy atom. The zero-order chi connectivity index (χ0) is 19.9. The summed E-state index contributed by atoms with van der Waals surface area (Å²) in [5.41, 5.74) is 2.90. The molecule has 0 aliphatic carbocycles. The third kappa shape index (κ3) is 5.21. The molecule has 1 atom stereocenters. The van der Waals surface area contributed by atoms with Crippen molar-refractivity contribution in [3.05, 3.63) is 120 Å². The van der Waals surface area contributed by atoms with Crippen LogP contribution in [0.25, 0.3) is 10.8 Å². The molecule has 3 nitrogen and oxygen atoms in total. The van der Waals surface area contributed by atoms with E-state index in [2.05, 4.69) is 18.2 Å². The first-order valence-electron chi connectivity index (χ1n) is 9.64. The second-order valence-electron chi connectivity index (χ2n) is 6.93. The number of fused-ring (bicyclic) bond motifs is 1. The van der Waals surface area contributed by atoms with E-state index in [1.165, 1.54) is 0 Å². The molecule has 0 saturated heterocycles. The Hall–Kier alpha value is -2.71. The van der Waals surface area contributed by atoms with E-state index in [-0.39, 0.29) is 19.4 Å². The maximum Gasteiger partial charge on any atom is 0.335 e. The van der Waals surface area contributed by atoms with Crippen LogP contribution in [0.3, 0.4) is 0 Å². The third-order valence-corrected chi connectivity index (χ3v) is 6.58. The molecule has 0 spiro atoms. The van der Waals surface area contributed by atoms with Crippen LogP contribution in [0.2, 0.25) is 0 Å². The van der Waals surface area contributed by atoms with Crippen molar-refractivity contribution in [1.29, 1.82) is 0 Å². The lowest BCUT2D eigenvalue weighted by atomic mass is 10.1. The fourth-order valence-electron chi connectivity index (χ4n) is 3.27. The lowest BCUT2D eigenvalue weighted by molar-refractivity contribution is 0.190. The molecule has 4 aromatic carbocycles. The number of hydrogen-bond acceptors (Lipinski definition) is 3. The van der Waals surface area contributed by atoms with Gasteiger partial charge in [0.05, 0.1) is 19.4 Å². The zero-order valence-electron chi connectivity index (χ0n) is 16.1. The van der Waals surface area contributed by atoms with Gasteiger partial charge in [-0.2, -0.15) is 0 Å². The minimum absolute atomic E-state index is 0.236. The topological polar surface area (TPSA) is 35.5 Å². The van der Waals surface area contributed by atoms with Crippen LogP contribution in [0.1, 0.15) is 16.7 Å².